The van der Waals surface area contributed by atoms with Crippen molar-refractivity contribution >= 4 is 23.8 Å². The first-order chi connectivity index (χ1) is 17.8. The standard InChI is InChI=1S/C30H56N2O7/c1-14-19(6)22(23(38-13)16-24(33)34)15-20(7)21(8)27(35)25(17(2)3)31-28(36)26(18(4)5)32(12)29(37)39-30(9,10)11/h17-23,25-26H,14-16H2,1-13H3,(H,31,36)(H,33,34). The van der Waals surface area contributed by atoms with E-state index >= 15 is 0 Å². The predicted octanol–water partition coefficient (Wildman–Crippen LogP) is 5.40. The summed E-state index contributed by atoms with van der Waals surface area (Å²) < 4.78 is 11.0. The van der Waals surface area contributed by atoms with Gasteiger partial charge in [0.15, 0.2) is 5.78 Å². The van der Waals surface area contributed by atoms with Crippen LogP contribution in [0.5, 0.6) is 0 Å². The number of methoxy groups -OCH3 is 1. The molecule has 2 N–H and O–H groups in total. The Balaban J connectivity index is 5.82. The first-order valence-corrected chi connectivity index (χ1v) is 14.3. The van der Waals surface area contributed by atoms with Gasteiger partial charge in [-0.1, -0.05) is 61.8 Å². The number of carbonyl (C=O) groups is 4. The van der Waals surface area contributed by atoms with Crippen LogP contribution in [0, 0.1) is 35.5 Å². The lowest BCUT2D eigenvalue weighted by molar-refractivity contribution is -0.141. The summed E-state index contributed by atoms with van der Waals surface area (Å²) in [7, 11) is 3.07. The second-order valence-electron chi connectivity index (χ2n) is 12.8. The molecular weight excluding hydrogens is 500 g/mol. The van der Waals surface area contributed by atoms with Gasteiger partial charge in [-0.05, 0) is 56.8 Å². The average molecular weight is 557 g/mol. The molecule has 0 aromatic rings. The van der Waals surface area contributed by atoms with Gasteiger partial charge in [0.1, 0.15) is 11.6 Å². The number of hydrogen-bond acceptors (Lipinski definition) is 6. The van der Waals surface area contributed by atoms with Crippen LogP contribution in [0.3, 0.4) is 0 Å². The number of Topliss-reactive ketones (excluding diaryl/α,β-unsaturated/α-hetero) is 1. The van der Waals surface area contributed by atoms with E-state index in [0.29, 0.717) is 6.42 Å². The van der Waals surface area contributed by atoms with E-state index in [0.717, 1.165) is 6.42 Å². The van der Waals surface area contributed by atoms with Crippen molar-refractivity contribution in [3.05, 3.63) is 0 Å². The number of likely N-dealkylation sites (N-methyl/N-ethyl adjacent to an activating group) is 1. The Bertz CT molecular complexity index is 806. The van der Waals surface area contributed by atoms with Crippen LogP contribution in [0.25, 0.3) is 0 Å². The van der Waals surface area contributed by atoms with Gasteiger partial charge in [-0.25, -0.2) is 4.79 Å². The van der Waals surface area contributed by atoms with Gasteiger partial charge in [-0.15, -0.1) is 0 Å². The van der Waals surface area contributed by atoms with Crippen LogP contribution in [0.15, 0.2) is 0 Å². The molecule has 2 amide bonds. The molecular formula is C30H56N2O7. The smallest absolute Gasteiger partial charge is 0.410 e. The quantitative estimate of drug-likeness (QED) is 0.261. The molecule has 0 aliphatic rings. The van der Waals surface area contributed by atoms with E-state index in [1.54, 1.807) is 20.8 Å². The largest absolute Gasteiger partial charge is 0.481 e. The second kappa shape index (κ2) is 16.2. The molecule has 7 atom stereocenters. The number of carboxylic acids is 1. The Labute approximate surface area is 236 Å². The molecule has 9 nitrogen and oxygen atoms in total. The number of ketones is 1. The molecule has 0 spiro atoms. The Morgan fingerprint density at radius 1 is 0.923 bits per heavy atom. The van der Waals surface area contributed by atoms with E-state index in [1.165, 1.54) is 19.1 Å². The lowest BCUT2D eigenvalue weighted by Gasteiger charge is -2.36. The fraction of sp³-hybridized carbons (Fsp3) is 0.867. The van der Waals surface area contributed by atoms with Crippen molar-refractivity contribution in [2.75, 3.05) is 14.2 Å². The molecule has 0 saturated heterocycles. The van der Waals surface area contributed by atoms with Crippen LogP contribution in [0.2, 0.25) is 0 Å². The summed E-state index contributed by atoms with van der Waals surface area (Å²) in [6.45, 7) is 20.8. The van der Waals surface area contributed by atoms with Gasteiger partial charge in [0.05, 0.1) is 18.6 Å². The fourth-order valence-electron chi connectivity index (χ4n) is 5.01. The number of aliphatic carboxylic acids is 1. The van der Waals surface area contributed by atoms with Crippen molar-refractivity contribution < 1.29 is 33.8 Å². The highest BCUT2D eigenvalue weighted by Crippen LogP contribution is 2.33. The predicted molar refractivity (Wildman–Crippen MR) is 153 cm³/mol. The first kappa shape index (κ1) is 36.8. The van der Waals surface area contributed by atoms with Crippen molar-refractivity contribution in [3.63, 3.8) is 0 Å². The maximum Gasteiger partial charge on any atom is 0.410 e. The Morgan fingerprint density at radius 2 is 1.46 bits per heavy atom. The molecule has 0 bridgehead atoms. The topological polar surface area (TPSA) is 122 Å². The van der Waals surface area contributed by atoms with E-state index in [1.807, 2.05) is 41.5 Å². The van der Waals surface area contributed by atoms with Gasteiger partial charge in [0, 0.05) is 20.1 Å². The molecule has 9 heteroatoms. The minimum atomic E-state index is -0.912. The summed E-state index contributed by atoms with van der Waals surface area (Å²) in [5.74, 6) is -2.02. The van der Waals surface area contributed by atoms with Gasteiger partial charge in [-0.3, -0.25) is 19.3 Å². The zero-order valence-corrected chi connectivity index (χ0v) is 26.7. The Kier molecular flexibility index (Phi) is 15.3. The molecule has 7 unspecified atom stereocenters. The minimum absolute atomic E-state index is 0.0266. The molecule has 0 radical (unpaired) electrons. The lowest BCUT2D eigenvalue weighted by atomic mass is 9.74. The van der Waals surface area contributed by atoms with Gasteiger partial charge < -0.3 is 19.9 Å². The zero-order chi connectivity index (χ0) is 30.8. The number of carboxylic acid groups (broad SMARTS) is 1. The number of amides is 2. The third kappa shape index (κ3) is 11.9. The molecule has 0 aliphatic heterocycles. The van der Waals surface area contributed by atoms with Gasteiger partial charge >= 0.3 is 12.1 Å². The van der Waals surface area contributed by atoms with Gasteiger partial charge in [0.25, 0.3) is 0 Å². The molecule has 0 aromatic carbocycles. The normalized spacial score (nSPS) is 17.5. The number of nitrogens with zero attached hydrogens (tertiary/aromatic N) is 1. The summed E-state index contributed by atoms with van der Waals surface area (Å²) in [4.78, 5) is 52.6. The third-order valence-electron chi connectivity index (χ3n) is 7.75. The second-order valence-corrected chi connectivity index (χ2v) is 12.8. The molecule has 0 saturated carbocycles. The van der Waals surface area contributed by atoms with Gasteiger partial charge in [0.2, 0.25) is 5.91 Å². The molecule has 0 heterocycles. The molecule has 0 aromatic heterocycles. The number of carbonyl (C=O) groups excluding carboxylic acids is 3. The molecule has 228 valence electrons. The van der Waals surface area contributed by atoms with Crippen molar-refractivity contribution in [1.82, 2.24) is 10.2 Å². The monoisotopic (exact) mass is 556 g/mol. The van der Waals surface area contributed by atoms with Gasteiger partial charge in [-0.2, -0.15) is 0 Å². The van der Waals surface area contributed by atoms with Crippen LogP contribution in [-0.4, -0.2) is 71.7 Å². The average Bonchev–Trinajstić information content (AvgIpc) is 2.81. The Morgan fingerprint density at radius 3 is 1.85 bits per heavy atom. The lowest BCUT2D eigenvalue weighted by Crippen LogP contribution is -2.56. The minimum Gasteiger partial charge on any atom is -0.481 e. The molecule has 39 heavy (non-hydrogen) atoms. The number of ether oxygens (including phenoxy) is 2. The highest BCUT2D eigenvalue weighted by Gasteiger charge is 2.38. The van der Waals surface area contributed by atoms with E-state index in [2.05, 4.69) is 19.2 Å². The van der Waals surface area contributed by atoms with Crippen LogP contribution < -0.4 is 5.32 Å². The third-order valence-corrected chi connectivity index (χ3v) is 7.75. The first-order valence-electron chi connectivity index (χ1n) is 14.3. The molecule has 0 fully saturated rings. The maximum atomic E-state index is 13.7. The highest BCUT2D eigenvalue weighted by atomic mass is 16.6. The number of hydrogen-bond donors (Lipinski definition) is 2. The molecule has 0 aliphatic carbocycles. The highest BCUT2D eigenvalue weighted by molar-refractivity contribution is 5.93. The number of nitrogens with one attached hydrogen (secondary N) is 1. The summed E-state index contributed by atoms with van der Waals surface area (Å²) in [5, 5.41) is 12.3. The summed E-state index contributed by atoms with van der Waals surface area (Å²) in [6, 6.07) is -1.54. The van der Waals surface area contributed by atoms with Crippen molar-refractivity contribution in [3.8, 4) is 0 Å². The zero-order valence-electron chi connectivity index (χ0n) is 26.7. The maximum absolute atomic E-state index is 13.7. The van der Waals surface area contributed by atoms with Crippen LogP contribution in [0.1, 0.15) is 95.4 Å². The fourth-order valence-corrected chi connectivity index (χ4v) is 5.01. The SMILES string of the molecule is CCC(C)C(CC(C)C(C)C(=O)C(NC(=O)C(C(C)C)N(C)C(=O)OC(C)(C)C)C(C)C)C(CC(=O)O)OC. The summed E-state index contributed by atoms with van der Waals surface area (Å²) in [6.07, 6.45) is 0.357. The molecule has 0 rings (SSSR count). The van der Waals surface area contributed by atoms with Crippen molar-refractivity contribution in [2.45, 2.75) is 119 Å². The van der Waals surface area contributed by atoms with E-state index in [-0.39, 0.29) is 47.7 Å². The van der Waals surface area contributed by atoms with Crippen LogP contribution in [0.4, 0.5) is 4.79 Å². The van der Waals surface area contributed by atoms with E-state index in [4.69, 9.17) is 9.47 Å². The van der Waals surface area contributed by atoms with E-state index < -0.39 is 41.8 Å². The Hall–Kier alpha value is -2.16. The van der Waals surface area contributed by atoms with E-state index in [9.17, 15) is 24.3 Å². The van der Waals surface area contributed by atoms with Crippen molar-refractivity contribution in [2.24, 2.45) is 35.5 Å². The van der Waals surface area contributed by atoms with Crippen LogP contribution >= 0.6 is 0 Å². The summed E-state index contributed by atoms with van der Waals surface area (Å²) >= 11 is 0. The summed E-state index contributed by atoms with van der Waals surface area (Å²) in [5.41, 5.74) is -0.704. The van der Waals surface area contributed by atoms with Crippen LogP contribution in [-0.2, 0) is 23.9 Å². The van der Waals surface area contributed by atoms with Crippen molar-refractivity contribution in [1.29, 1.82) is 0 Å². The number of rotatable bonds is 16.